The van der Waals surface area contributed by atoms with Gasteiger partial charge in [0.1, 0.15) is 0 Å². The van der Waals surface area contributed by atoms with Crippen molar-refractivity contribution in [3.8, 4) is 0 Å². The van der Waals surface area contributed by atoms with E-state index in [0.717, 1.165) is 13.1 Å². The van der Waals surface area contributed by atoms with Crippen LogP contribution in [-0.4, -0.2) is 5.11 Å². The molecule has 2 N–H and O–H groups in total. The first-order valence-corrected chi connectivity index (χ1v) is 10.0. The van der Waals surface area contributed by atoms with E-state index in [2.05, 4.69) is 67.8 Å². The maximum absolute atomic E-state index is 5.32. The summed E-state index contributed by atoms with van der Waals surface area (Å²) in [6.45, 7) is 16.2. The quantitative estimate of drug-likeness (QED) is 0.625. The zero-order valence-electron chi connectivity index (χ0n) is 17.5. The molecule has 0 amide bonds. The Morgan fingerprint density at radius 1 is 0.731 bits per heavy atom. The van der Waals surface area contributed by atoms with Gasteiger partial charge in [0.25, 0.3) is 0 Å². The van der Waals surface area contributed by atoms with Gasteiger partial charge >= 0.3 is 0 Å². The highest BCUT2D eigenvalue weighted by atomic mass is 32.1. The van der Waals surface area contributed by atoms with Gasteiger partial charge in [-0.05, 0) is 34.3 Å². The van der Waals surface area contributed by atoms with E-state index in [1.54, 1.807) is 0 Å². The molecule has 0 fully saturated rings. The summed E-state index contributed by atoms with van der Waals surface area (Å²) >= 11 is 5.32. The van der Waals surface area contributed by atoms with Gasteiger partial charge < -0.3 is 10.6 Å². The molecule has 0 aliphatic heterocycles. The number of hydrogen-bond acceptors (Lipinski definition) is 1. The number of thiocarbonyl (C=S) groups is 1. The van der Waals surface area contributed by atoms with Gasteiger partial charge in [0.05, 0.1) is 0 Å². The van der Waals surface area contributed by atoms with Gasteiger partial charge in [-0.1, -0.05) is 103 Å². The summed E-state index contributed by atoms with van der Waals surface area (Å²) in [6.07, 6.45) is 0. The Morgan fingerprint density at radius 2 is 1.15 bits per heavy atom. The number of rotatable bonds is 4. The summed E-state index contributed by atoms with van der Waals surface area (Å²) in [5.74, 6) is 0. The maximum atomic E-state index is 5.32. The Hall–Kier alpha value is -1.87. The lowest BCUT2D eigenvalue weighted by atomic mass is 9.87. The van der Waals surface area contributed by atoms with Gasteiger partial charge in [-0.3, -0.25) is 0 Å². The van der Waals surface area contributed by atoms with E-state index in [0.29, 0.717) is 5.11 Å². The lowest BCUT2D eigenvalue weighted by molar-refractivity contribution is 0.590. The van der Waals surface area contributed by atoms with Crippen molar-refractivity contribution >= 4 is 17.3 Å². The van der Waals surface area contributed by atoms with Crippen LogP contribution >= 0.6 is 12.2 Å². The molecule has 144 valence electrons. The molecule has 0 aliphatic rings. The van der Waals surface area contributed by atoms with Crippen molar-refractivity contribution in [3.63, 3.8) is 0 Å². The highest BCUT2D eigenvalue weighted by Crippen LogP contribution is 2.22. The van der Waals surface area contributed by atoms with Crippen LogP contribution in [-0.2, 0) is 18.5 Å². The molecular formula is C23H36N2S. The standard InChI is InChI=1S/C19H24N2S.2C2H6/c1-19(2,3)17-11-9-16(10-12-17)14-21-18(22)20-13-15-7-5-4-6-8-15;2*1-2/h4-12H,13-14H2,1-3H3,(H2,20,21,22);2*1-2H3. The predicted octanol–water partition coefficient (Wildman–Crippen LogP) is 6.20. The third-order valence-corrected chi connectivity index (χ3v) is 3.86. The van der Waals surface area contributed by atoms with Crippen LogP contribution in [0.3, 0.4) is 0 Å². The Bertz CT molecular complexity index is 598. The molecule has 0 aromatic heterocycles. The average molecular weight is 373 g/mol. The fourth-order valence-corrected chi connectivity index (χ4v) is 2.29. The third-order valence-electron chi connectivity index (χ3n) is 3.57. The Balaban J connectivity index is 0.00000146. The largest absolute Gasteiger partial charge is 0.359 e. The molecule has 0 heterocycles. The van der Waals surface area contributed by atoms with Crippen LogP contribution in [0.1, 0.15) is 65.2 Å². The van der Waals surface area contributed by atoms with Gasteiger partial charge in [-0.15, -0.1) is 0 Å². The van der Waals surface area contributed by atoms with Crippen LogP contribution in [0.15, 0.2) is 54.6 Å². The summed E-state index contributed by atoms with van der Waals surface area (Å²) in [4.78, 5) is 0. The van der Waals surface area contributed by atoms with Crippen LogP contribution in [0.5, 0.6) is 0 Å². The first-order chi connectivity index (χ1) is 12.4. The van der Waals surface area contributed by atoms with Crippen molar-refractivity contribution in [2.24, 2.45) is 0 Å². The first-order valence-electron chi connectivity index (χ1n) is 9.60. The van der Waals surface area contributed by atoms with E-state index >= 15 is 0 Å². The van der Waals surface area contributed by atoms with E-state index in [9.17, 15) is 0 Å². The lowest BCUT2D eigenvalue weighted by Crippen LogP contribution is -2.34. The van der Waals surface area contributed by atoms with E-state index in [4.69, 9.17) is 12.2 Å². The van der Waals surface area contributed by atoms with Gasteiger partial charge in [0.2, 0.25) is 0 Å². The van der Waals surface area contributed by atoms with Crippen molar-refractivity contribution in [1.82, 2.24) is 10.6 Å². The van der Waals surface area contributed by atoms with Crippen LogP contribution in [0.25, 0.3) is 0 Å². The molecule has 26 heavy (non-hydrogen) atoms. The van der Waals surface area contributed by atoms with E-state index in [-0.39, 0.29) is 5.41 Å². The molecule has 0 radical (unpaired) electrons. The van der Waals surface area contributed by atoms with Crippen molar-refractivity contribution in [2.75, 3.05) is 0 Å². The molecule has 3 heteroatoms. The van der Waals surface area contributed by atoms with Gasteiger partial charge in [0, 0.05) is 13.1 Å². The minimum absolute atomic E-state index is 0.193. The zero-order chi connectivity index (χ0) is 20.0. The topological polar surface area (TPSA) is 24.1 Å². The molecule has 0 bridgehead atoms. The van der Waals surface area contributed by atoms with Gasteiger partial charge in [-0.2, -0.15) is 0 Å². The molecule has 0 atom stereocenters. The van der Waals surface area contributed by atoms with Gasteiger partial charge in [-0.25, -0.2) is 0 Å². The first kappa shape index (κ1) is 24.1. The molecule has 2 aromatic rings. The number of benzene rings is 2. The second-order valence-corrected chi connectivity index (χ2v) is 6.88. The molecule has 0 spiro atoms. The molecular weight excluding hydrogens is 336 g/mol. The van der Waals surface area contributed by atoms with E-state index < -0.39 is 0 Å². The van der Waals surface area contributed by atoms with Crippen LogP contribution in [0.4, 0.5) is 0 Å². The van der Waals surface area contributed by atoms with E-state index in [1.807, 2.05) is 45.9 Å². The highest BCUT2D eigenvalue weighted by molar-refractivity contribution is 7.80. The second kappa shape index (κ2) is 13.3. The van der Waals surface area contributed by atoms with Crippen molar-refractivity contribution < 1.29 is 0 Å². The average Bonchev–Trinajstić information content (AvgIpc) is 2.68. The summed E-state index contributed by atoms with van der Waals surface area (Å²) in [6, 6.07) is 19.0. The SMILES string of the molecule is CC.CC.CC(C)(C)c1ccc(CNC(=S)NCc2ccccc2)cc1. The summed E-state index contributed by atoms with van der Waals surface area (Å²) < 4.78 is 0. The molecule has 0 saturated carbocycles. The summed E-state index contributed by atoms with van der Waals surface area (Å²) in [7, 11) is 0. The highest BCUT2D eigenvalue weighted by Gasteiger charge is 2.12. The number of hydrogen-bond donors (Lipinski definition) is 2. The third kappa shape index (κ3) is 9.57. The van der Waals surface area contributed by atoms with Crippen molar-refractivity contribution in [2.45, 2.75) is 67.0 Å². The Kier molecular flexibility index (Phi) is 12.4. The number of nitrogens with one attached hydrogen (secondary N) is 2. The normalized spacial score (nSPS) is 9.81. The molecule has 0 aliphatic carbocycles. The van der Waals surface area contributed by atoms with Crippen LogP contribution in [0, 0.1) is 0 Å². The molecule has 2 nitrogen and oxygen atoms in total. The molecule has 0 unspecified atom stereocenters. The van der Waals surface area contributed by atoms with E-state index in [1.165, 1.54) is 16.7 Å². The lowest BCUT2D eigenvalue weighted by Gasteiger charge is -2.19. The fraction of sp³-hybridized carbons (Fsp3) is 0.435. The van der Waals surface area contributed by atoms with Crippen molar-refractivity contribution in [3.05, 3.63) is 71.3 Å². The minimum Gasteiger partial charge on any atom is -0.359 e. The smallest absolute Gasteiger partial charge is 0.166 e. The summed E-state index contributed by atoms with van der Waals surface area (Å²) in [5, 5.41) is 7.16. The molecule has 2 rings (SSSR count). The monoisotopic (exact) mass is 372 g/mol. The summed E-state index contributed by atoms with van der Waals surface area (Å²) in [5.41, 5.74) is 4.00. The second-order valence-electron chi connectivity index (χ2n) is 6.47. The molecule has 2 aromatic carbocycles. The predicted molar refractivity (Wildman–Crippen MR) is 121 cm³/mol. The van der Waals surface area contributed by atoms with Crippen molar-refractivity contribution in [1.29, 1.82) is 0 Å². The Labute approximate surface area is 166 Å². The van der Waals surface area contributed by atoms with Crippen LogP contribution in [0.2, 0.25) is 0 Å². The van der Waals surface area contributed by atoms with Gasteiger partial charge in [0.15, 0.2) is 5.11 Å². The molecule has 0 saturated heterocycles. The minimum atomic E-state index is 0.193. The Morgan fingerprint density at radius 3 is 1.58 bits per heavy atom. The zero-order valence-corrected chi connectivity index (χ0v) is 18.3. The maximum Gasteiger partial charge on any atom is 0.166 e. The fourth-order valence-electron chi connectivity index (χ4n) is 2.15. The van der Waals surface area contributed by atoms with Crippen LogP contribution < -0.4 is 10.6 Å².